The monoisotopic (exact) mass is 382 g/mol. The van der Waals surface area contributed by atoms with Gasteiger partial charge in [0, 0.05) is 6.54 Å². The zero-order chi connectivity index (χ0) is 19.7. The molecule has 0 radical (unpaired) electrons. The van der Waals surface area contributed by atoms with Crippen molar-refractivity contribution in [1.82, 2.24) is 5.32 Å². The van der Waals surface area contributed by atoms with Crippen LogP contribution in [0.2, 0.25) is 0 Å². The summed E-state index contributed by atoms with van der Waals surface area (Å²) in [4.78, 5) is 16.3. The summed E-state index contributed by atoms with van der Waals surface area (Å²) in [5.74, 6) is -0.888. The molecule has 0 saturated carbocycles. The van der Waals surface area contributed by atoms with Crippen LogP contribution in [0, 0.1) is 5.82 Å². The average molecular weight is 383 g/mol. The van der Waals surface area contributed by atoms with Crippen molar-refractivity contribution in [3.63, 3.8) is 0 Å². The van der Waals surface area contributed by atoms with Gasteiger partial charge in [0.05, 0.1) is 18.2 Å². The van der Waals surface area contributed by atoms with E-state index in [4.69, 9.17) is 21.1 Å². The molecule has 0 aliphatic rings. The Balaban J connectivity index is 2.97. The highest BCUT2D eigenvalue weighted by atomic mass is 35.5. The molecule has 0 aliphatic heterocycles. The van der Waals surface area contributed by atoms with Gasteiger partial charge in [-0.15, -0.1) is 0 Å². The second kappa shape index (κ2) is 10.6. The van der Waals surface area contributed by atoms with Crippen LogP contribution < -0.4 is 10.1 Å². The molecule has 0 aliphatic carbocycles. The number of nitrogens with zero attached hydrogens (tertiary/aromatic N) is 1. The predicted octanol–water partition coefficient (Wildman–Crippen LogP) is 4.32. The number of aliphatic imine (C=N–C) groups is 1. The summed E-state index contributed by atoms with van der Waals surface area (Å²) < 4.78 is 24.3. The summed E-state index contributed by atoms with van der Waals surface area (Å²) in [6.07, 6.45) is 1.36. The third-order valence-corrected chi connectivity index (χ3v) is 3.90. The van der Waals surface area contributed by atoms with Gasteiger partial charge in [0.1, 0.15) is 5.57 Å². The minimum absolute atomic E-state index is 0.00236. The normalized spacial score (nSPS) is 11.6. The molecule has 142 valence electrons. The molecule has 1 amide bonds. The Morgan fingerprint density at radius 2 is 2.04 bits per heavy atom. The number of carbonyl (C=O) groups is 1. The van der Waals surface area contributed by atoms with Crippen molar-refractivity contribution in [2.75, 3.05) is 7.11 Å². The Morgan fingerprint density at radius 3 is 2.50 bits per heavy atom. The topological polar surface area (TPSA) is 59.9 Å². The van der Waals surface area contributed by atoms with Crippen molar-refractivity contribution in [2.45, 2.75) is 39.3 Å². The number of rotatable bonds is 10. The van der Waals surface area contributed by atoms with Crippen molar-refractivity contribution < 1.29 is 18.7 Å². The van der Waals surface area contributed by atoms with Crippen LogP contribution in [-0.4, -0.2) is 25.8 Å². The van der Waals surface area contributed by atoms with Gasteiger partial charge in [0.25, 0.3) is 5.91 Å². The van der Waals surface area contributed by atoms with E-state index in [1.165, 1.54) is 19.2 Å². The Kier molecular flexibility index (Phi) is 8.85. The summed E-state index contributed by atoms with van der Waals surface area (Å²) in [6.45, 7) is 11.0. The van der Waals surface area contributed by atoms with E-state index < -0.39 is 11.7 Å². The molecule has 0 unspecified atom stereocenters. The summed E-state index contributed by atoms with van der Waals surface area (Å²) in [5, 5.41) is 2.63. The first-order valence-corrected chi connectivity index (χ1v) is 8.58. The molecule has 0 heterocycles. The first-order valence-electron chi connectivity index (χ1n) is 8.20. The van der Waals surface area contributed by atoms with E-state index in [-0.39, 0.29) is 34.9 Å². The molecule has 1 aromatic carbocycles. The molecule has 0 spiro atoms. The standard InChI is InChI=1S/C19H24ClFN2O3/c1-6-14(7-2)26-19(22-4)17(12(3)20)18(24)23-11-13-8-9-16(25-5)15(21)10-13/h8-10,14H,3-4,6-7,11H2,1-2,5H3,(H,23,24)/b19-17-. The quantitative estimate of drug-likeness (QED) is 0.284. The lowest BCUT2D eigenvalue weighted by Gasteiger charge is -2.18. The number of methoxy groups -OCH3 is 1. The van der Waals surface area contributed by atoms with Crippen LogP contribution >= 0.6 is 11.6 Å². The van der Waals surface area contributed by atoms with E-state index in [1.54, 1.807) is 6.07 Å². The van der Waals surface area contributed by atoms with E-state index in [9.17, 15) is 9.18 Å². The van der Waals surface area contributed by atoms with E-state index >= 15 is 0 Å². The minimum Gasteiger partial charge on any atom is -0.494 e. The van der Waals surface area contributed by atoms with Crippen molar-refractivity contribution >= 4 is 24.2 Å². The van der Waals surface area contributed by atoms with Crippen molar-refractivity contribution in [1.29, 1.82) is 0 Å². The fourth-order valence-electron chi connectivity index (χ4n) is 2.22. The molecule has 0 aromatic heterocycles. The highest BCUT2D eigenvalue weighted by Gasteiger charge is 2.21. The van der Waals surface area contributed by atoms with Crippen LogP contribution in [0.15, 0.2) is 46.3 Å². The number of carbonyl (C=O) groups excluding carboxylic acids is 1. The summed E-state index contributed by atoms with van der Waals surface area (Å²) in [5.41, 5.74) is 0.563. The summed E-state index contributed by atoms with van der Waals surface area (Å²) >= 11 is 5.97. The first kappa shape index (κ1) is 21.7. The van der Waals surface area contributed by atoms with Crippen LogP contribution in [0.25, 0.3) is 0 Å². The molecular formula is C19H24ClFN2O3. The molecule has 5 nitrogen and oxygen atoms in total. The predicted molar refractivity (Wildman–Crippen MR) is 102 cm³/mol. The Hall–Kier alpha value is -2.34. The van der Waals surface area contributed by atoms with Crippen LogP contribution in [-0.2, 0) is 16.1 Å². The van der Waals surface area contributed by atoms with Gasteiger partial charge in [-0.1, -0.05) is 38.1 Å². The Morgan fingerprint density at radius 1 is 1.38 bits per heavy atom. The van der Waals surface area contributed by atoms with E-state index in [0.29, 0.717) is 5.56 Å². The lowest BCUT2D eigenvalue weighted by Crippen LogP contribution is -2.26. The number of hydrogen-bond donors (Lipinski definition) is 1. The Labute approximate surface area is 158 Å². The van der Waals surface area contributed by atoms with E-state index in [0.717, 1.165) is 12.8 Å². The van der Waals surface area contributed by atoms with Gasteiger partial charge < -0.3 is 14.8 Å². The molecule has 0 saturated heterocycles. The maximum Gasteiger partial charge on any atom is 0.258 e. The second-order valence-corrected chi connectivity index (χ2v) is 5.91. The van der Waals surface area contributed by atoms with Crippen LogP contribution in [0.1, 0.15) is 32.3 Å². The molecule has 0 bridgehead atoms. The van der Waals surface area contributed by atoms with Gasteiger partial charge in [-0.05, 0) is 37.3 Å². The molecule has 0 atom stereocenters. The number of amides is 1. The summed E-state index contributed by atoms with van der Waals surface area (Å²) in [7, 11) is 1.38. The SMILES string of the molecule is C=N/C(OC(CC)CC)=C(\C(=C)Cl)C(=O)NCc1ccc(OC)c(F)c1. The number of ether oxygens (including phenoxy) is 2. The van der Waals surface area contributed by atoms with Crippen molar-refractivity contribution in [3.8, 4) is 5.75 Å². The summed E-state index contributed by atoms with van der Waals surface area (Å²) in [6, 6.07) is 4.42. The lowest BCUT2D eigenvalue weighted by atomic mass is 10.2. The molecule has 1 rings (SSSR count). The molecule has 1 N–H and O–H groups in total. The smallest absolute Gasteiger partial charge is 0.258 e. The number of halogens is 2. The fraction of sp³-hybridized carbons (Fsp3) is 0.368. The number of nitrogens with one attached hydrogen (secondary N) is 1. The highest BCUT2D eigenvalue weighted by molar-refractivity contribution is 6.35. The molecular weight excluding hydrogens is 359 g/mol. The van der Waals surface area contributed by atoms with Crippen LogP contribution in [0.4, 0.5) is 4.39 Å². The molecule has 26 heavy (non-hydrogen) atoms. The Bertz CT molecular complexity index is 700. The van der Waals surface area contributed by atoms with Crippen molar-refractivity contribution in [3.05, 3.63) is 52.6 Å². The second-order valence-electron chi connectivity index (χ2n) is 5.45. The van der Waals surface area contributed by atoms with Gasteiger partial charge in [-0.25, -0.2) is 9.38 Å². The highest BCUT2D eigenvalue weighted by Crippen LogP contribution is 2.22. The van der Waals surface area contributed by atoms with Crippen LogP contribution in [0.3, 0.4) is 0 Å². The largest absolute Gasteiger partial charge is 0.494 e. The maximum absolute atomic E-state index is 13.7. The maximum atomic E-state index is 13.7. The average Bonchev–Trinajstić information content (AvgIpc) is 2.62. The first-order chi connectivity index (χ1) is 12.4. The zero-order valence-corrected chi connectivity index (χ0v) is 16.0. The van der Waals surface area contributed by atoms with Gasteiger partial charge in [0.2, 0.25) is 5.88 Å². The van der Waals surface area contributed by atoms with Crippen LogP contribution in [0.5, 0.6) is 5.75 Å². The molecule has 0 fully saturated rings. The third kappa shape index (κ3) is 5.88. The van der Waals surface area contributed by atoms with Gasteiger partial charge in [0.15, 0.2) is 11.6 Å². The molecule has 1 aromatic rings. The lowest BCUT2D eigenvalue weighted by molar-refractivity contribution is -0.117. The fourth-order valence-corrected chi connectivity index (χ4v) is 2.38. The minimum atomic E-state index is -0.533. The number of hydrogen-bond acceptors (Lipinski definition) is 4. The van der Waals surface area contributed by atoms with Gasteiger partial charge in [-0.2, -0.15) is 0 Å². The van der Waals surface area contributed by atoms with E-state index in [2.05, 4.69) is 23.6 Å². The van der Waals surface area contributed by atoms with Crippen molar-refractivity contribution in [2.24, 2.45) is 4.99 Å². The van der Waals surface area contributed by atoms with Gasteiger partial charge in [-0.3, -0.25) is 4.79 Å². The third-order valence-electron chi connectivity index (χ3n) is 3.71. The van der Waals surface area contributed by atoms with Gasteiger partial charge >= 0.3 is 0 Å². The van der Waals surface area contributed by atoms with E-state index in [1.807, 2.05) is 13.8 Å². The zero-order valence-electron chi connectivity index (χ0n) is 15.3. The molecule has 7 heteroatoms. The number of benzene rings is 1.